The number of phenols is 1. The van der Waals surface area contributed by atoms with Crippen LogP contribution in [0.15, 0.2) is 42.6 Å². The second-order valence-corrected chi connectivity index (χ2v) is 13.5. The molecule has 1 aromatic heterocycles. The number of carbonyl (C=O) groups excluding carboxylic acids is 1. The topological polar surface area (TPSA) is 96.0 Å². The summed E-state index contributed by atoms with van der Waals surface area (Å²) >= 11 is 0. The largest absolute Gasteiger partial charge is 0.504 e. The molecule has 6 atom stereocenters. The molecule has 0 amide bonds. The van der Waals surface area contributed by atoms with Gasteiger partial charge in [-0.3, -0.25) is 10.1 Å². The van der Waals surface area contributed by atoms with Crippen LogP contribution in [0.2, 0.25) is 0 Å². The zero-order valence-electron chi connectivity index (χ0n) is 24.6. The van der Waals surface area contributed by atoms with Gasteiger partial charge in [-0.2, -0.15) is 0 Å². The second kappa shape index (κ2) is 9.21. The first-order valence-corrected chi connectivity index (χ1v) is 14.9. The average molecular weight is 560 g/mol. The molecule has 4 aliphatic rings. The number of aromatic hydroxyl groups is 1. The highest BCUT2D eigenvalue weighted by Gasteiger charge is 2.73. The summed E-state index contributed by atoms with van der Waals surface area (Å²) in [5, 5.41) is 15.9. The predicted molar refractivity (Wildman–Crippen MR) is 156 cm³/mol. The highest BCUT2D eigenvalue weighted by Crippen LogP contribution is 2.66. The third-order valence-electron chi connectivity index (χ3n) is 10.3. The normalized spacial score (nSPS) is 31.0. The molecule has 8 nitrogen and oxygen atoms in total. The highest BCUT2D eigenvalue weighted by atomic mass is 16.6. The third-order valence-corrected chi connectivity index (χ3v) is 10.3. The number of likely N-dealkylation sites (tertiary alicyclic amines) is 1. The first-order valence-electron chi connectivity index (χ1n) is 14.9. The van der Waals surface area contributed by atoms with E-state index in [0.29, 0.717) is 12.2 Å². The number of para-hydroxylation sites is 1. The van der Waals surface area contributed by atoms with E-state index in [9.17, 15) is 9.90 Å². The maximum atomic E-state index is 13.8. The second-order valence-electron chi connectivity index (χ2n) is 13.5. The molecule has 3 heterocycles. The van der Waals surface area contributed by atoms with E-state index in [0.717, 1.165) is 54.3 Å². The van der Waals surface area contributed by atoms with Crippen molar-refractivity contribution in [2.75, 3.05) is 20.7 Å². The van der Waals surface area contributed by atoms with Gasteiger partial charge in [-0.15, -0.1) is 0 Å². The number of methoxy groups -OCH3 is 1. The minimum atomic E-state index is -0.612. The number of phenolic OH excluding ortho intramolecular Hbond substituents is 1. The van der Waals surface area contributed by atoms with E-state index in [1.165, 1.54) is 5.56 Å². The molecule has 1 saturated heterocycles. The molecule has 1 saturated carbocycles. The molecular weight excluding hydrogens is 518 g/mol. The van der Waals surface area contributed by atoms with Gasteiger partial charge in [0, 0.05) is 48.3 Å². The Bertz CT molecular complexity index is 1510. The van der Waals surface area contributed by atoms with Gasteiger partial charge < -0.3 is 29.2 Å². The Kier molecular flexibility index (Phi) is 6.02. The van der Waals surface area contributed by atoms with Crippen molar-refractivity contribution < 1.29 is 24.1 Å². The number of hydrogen-bond donors (Lipinski definition) is 3. The van der Waals surface area contributed by atoms with Crippen molar-refractivity contribution >= 4 is 16.9 Å². The number of nitrogens with zero attached hydrogens (tertiary/aromatic N) is 1. The van der Waals surface area contributed by atoms with E-state index in [4.69, 9.17) is 14.2 Å². The fourth-order valence-corrected chi connectivity index (χ4v) is 8.67. The van der Waals surface area contributed by atoms with Crippen molar-refractivity contribution in [2.45, 2.75) is 93.7 Å². The Balaban J connectivity index is 1.29. The van der Waals surface area contributed by atoms with Crippen molar-refractivity contribution in [1.82, 2.24) is 15.2 Å². The first kappa shape index (κ1) is 26.8. The Hall–Kier alpha value is -3.07. The van der Waals surface area contributed by atoms with E-state index < -0.39 is 22.7 Å². The van der Waals surface area contributed by atoms with Crippen LogP contribution in [0.1, 0.15) is 56.7 Å². The number of nitrogens with one attached hydrogen (secondary N) is 2. The quantitative estimate of drug-likeness (QED) is 0.389. The monoisotopic (exact) mass is 559 g/mol. The molecular formula is C33H41N3O5. The van der Waals surface area contributed by atoms with Crippen molar-refractivity contribution in [3.8, 4) is 11.5 Å². The Labute approximate surface area is 241 Å². The van der Waals surface area contributed by atoms with Crippen LogP contribution in [0.4, 0.5) is 0 Å². The van der Waals surface area contributed by atoms with E-state index in [1.54, 1.807) is 6.07 Å². The molecule has 1 spiro atoms. The molecule has 41 heavy (non-hydrogen) atoms. The lowest BCUT2D eigenvalue weighted by atomic mass is 9.48. The van der Waals surface area contributed by atoms with E-state index in [1.807, 2.05) is 52.3 Å². The number of aromatic amines is 1. The minimum absolute atomic E-state index is 0.136. The van der Waals surface area contributed by atoms with Gasteiger partial charge >= 0.3 is 5.97 Å². The number of carbonyl (C=O) groups is 1. The van der Waals surface area contributed by atoms with Gasteiger partial charge in [0.05, 0.1) is 11.0 Å². The standard InChI is InChI=1S/C33H41N3O5/c1-31(2,3)41-30(38)24(16-20-18-34-22-9-7-6-8-21(20)22)35-23-12-13-33(39-5)26-17-19-10-11-25(37)28-27(19)32(33,29(23)40-28)14-15-36(26)4/h6-11,18,23-24,26,29,34-35,37H,12-17H2,1-5H3/t23-,24-,26+,29-,32-,33+/m0/s1. The van der Waals surface area contributed by atoms with Gasteiger partial charge in [0.25, 0.3) is 0 Å². The minimum Gasteiger partial charge on any atom is -0.504 e. The lowest BCUT2D eigenvalue weighted by Crippen LogP contribution is -2.78. The number of aromatic nitrogens is 1. The van der Waals surface area contributed by atoms with Crippen LogP contribution in [-0.4, -0.2) is 77.1 Å². The number of H-pyrrole nitrogens is 1. The molecule has 2 aromatic carbocycles. The number of esters is 1. The fraction of sp³-hybridized carbons (Fsp3) is 0.545. The SMILES string of the molecule is CO[C@@]12CC[C@H](N[C@@H](Cc3c[nH]c4ccccc34)C(=O)OC(C)(C)C)[C@@H]3Oc4c(O)ccc5c4[C@@]31CCN(C)[C@@H]2C5. The van der Waals surface area contributed by atoms with Crippen molar-refractivity contribution in [3.63, 3.8) is 0 Å². The van der Waals surface area contributed by atoms with Crippen LogP contribution in [0.25, 0.3) is 10.9 Å². The van der Waals surface area contributed by atoms with Crippen LogP contribution in [0, 0.1) is 0 Å². The summed E-state index contributed by atoms with van der Waals surface area (Å²) in [4.78, 5) is 19.5. The summed E-state index contributed by atoms with van der Waals surface area (Å²) < 4.78 is 19.3. The van der Waals surface area contributed by atoms with Gasteiger partial charge in [-0.1, -0.05) is 24.3 Å². The number of ether oxygens (including phenoxy) is 3. The van der Waals surface area contributed by atoms with Crippen LogP contribution in [-0.2, 0) is 32.5 Å². The Morgan fingerprint density at radius 2 is 2.05 bits per heavy atom. The van der Waals surface area contributed by atoms with Gasteiger partial charge in [0.1, 0.15) is 17.7 Å². The smallest absolute Gasteiger partial charge is 0.324 e. The summed E-state index contributed by atoms with van der Waals surface area (Å²) in [6.07, 6.45) is 5.53. The third kappa shape index (κ3) is 3.80. The zero-order chi connectivity index (χ0) is 28.7. The summed E-state index contributed by atoms with van der Waals surface area (Å²) in [6.45, 7) is 6.63. The Morgan fingerprint density at radius 3 is 2.83 bits per heavy atom. The molecule has 8 heteroatoms. The molecule has 2 bridgehead atoms. The zero-order valence-corrected chi connectivity index (χ0v) is 24.6. The molecule has 2 aliphatic carbocycles. The summed E-state index contributed by atoms with van der Waals surface area (Å²) in [5.41, 5.74) is 2.99. The molecule has 2 fully saturated rings. The maximum absolute atomic E-state index is 13.8. The number of fused-ring (bicyclic) bond motifs is 1. The maximum Gasteiger partial charge on any atom is 0.324 e. The molecule has 3 N–H and O–H groups in total. The van der Waals surface area contributed by atoms with Crippen LogP contribution in [0.5, 0.6) is 11.5 Å². The predicted octanol–water partition coefficient (Wildman–Crippen LogP) is 4.22. The number of piperidine rings is 1. The summed E-state index contributed by atoms with van der Waals surface area (Å²) in [6, 6.07) is 11.5. The fourth-order valence-electron chi connectivity index (χ4n) is 8.67. The summed E-state index contributed by atoms with van der Waals surface area (Å²) in [5.74, 6) is 0.500. The van der Waals surface area contributed by atoms with Crippen molar-refractivity contribution in [1.29, 1.82) is 0 Å². The van der Waals surface area contributed by atoms with Crippen LogP contribution in [0.3, 0.4) is 0 Å². The molecule has 7 rings (SSSR count). The molecule has 0 radical (unpaired) electrons. The van der Waals surface area contributed by atoms with Crippen LogP contribution < -0.4 is 10.1 Å². The van der Waals surface area contributed by atoms with Gasteiger partial charge in [0.15, 0.2) is 11.5 Å². The van der Waals surface area contributed by atoms with Gasteiger partial charge in [0.2, 0.25) is 0 Å². The number of rotatable bonds is 6. The van der Waals surface area contributed by atoms with Crippen molar-refractivity contribution in [2.24, 2.45) is 0 Å². The van der Waals surface area contributed by atoms with E-state index in [2.05, 4.69) is 34.4 Å². The molecule has 3 aromatic rings. The molecule has 2 aliphatic heterocycles. The van der Waals surface area contributed by atoms with Gasteiger partial charge in [-0.25, -0.2) is 0 Å². The van der Waals surface area contributed by atoms with E-state index in [-0.39, 0.29) is 29.9 Å². The first-order chi connectivity index (χ1) is 19.6. The summed E-state index contributed by atoms with van der Waals surface area (Å²) in [7, 11) is 4.03. The molecule has 0 unspecified atom stereocenters. The van der Waals surface area contributed by atoms with Crippen LogP contribution >= 0.6 is 0 Å². The number of hydrogen-bond acceptors (Lipinski definition) is 7. The lowest BCUT2D eigenvalue weighted by molar-refractivity contribution is -0.204. The van der Waals surface area contributed by atoms with Gasteiger partial charge in [-0.05, 0) is 83.3 Å². The average Bonchev–Trinajstić information content (AvgIpc) is 3.51. The number of benzene rings is 2. The van der Waals surface area contributed by atoms with E-state index >= 15 is 0 Å². The highest BCUT2D eigenvalue weighted by molar-refractivity contribution is 5.84. The number of likely N-dealkylation sites (N-methyl/N-ethyl adjacent to an activating group) is 1. The van der Waals surface area contributed by atoms with Crippen molar-refractivity contribution in [3.05, 3.63) is 59.3 Å². The Morgan fingerprint density at radius 1 is 1.24 bits per heavy atom. The molecule has 218 valence electrons. The lowest BCUT2D eigenvalue weighted by Gasteiger charge is -2.65.